The van der Waals surface area contributed by atoms with Crippen LogP contribution in [0.15, 0.2) is 78.9 Å². The summed E-state index contributed by atoms with van der Waals surface area (Å²) >= 11 is 0. The normalized spacial score (nSPS) is 11.2. The van der Waals surface area contributed by atoms with Crippen molar-refractivity contribution in [3.63, 3.8) is 0 Å². The number of H-pyrrole nitrogens is 1. The molecule has 5 aromatic rings. The molecule has 0 saturated carbocycles. The summed E-state index contributed by atoms with van der Waals surface area (Å²) in [7, 11) is 1.62. The number of fused-ring (bicyclic) bond motifs is 5. The van der Waals surface area contributed by atoms with Gasteiger partial charge in [-0.15, -0.1) is 0 Å². The minimum atomic E-state index is -0.135. The fourth-order valence-corrected chi connectivity index (χ4v) is 3.67. The lowest BCUT2D eigenvalue weighted by Crippen LogP contribution is -2.11. The van der Waals surface area contributed by atoms with Crippen LogP contribution >= 0.6 is 0 Å². The average molecular weight is 366 g/mol. The lowest BCUT2D eigenvalue weighted by Gasteiger charge is -2.08. The van der Waals surface area contributed by atoms with Crippen molar-refractivity contribution < 1.29 is 9.53 Å². The minimum Gasteiger partial charge on any atom is -0.497 e. The van der Waals surface area contributed by atoms with Gasteiger partial charge in [0.1, 0.15) is 5.75 Å². The number of methoxy groups -OCH3 is 1. The Balaban J connectivity index is 1.52. The van der Waals surface area contributed by atoms with E-state index in [0.29, 0.717) is 5.56 Å². The van der Waals surface area contributed by atoms with Gasteiger partial charge in [0.15, 0.2) is 0 Å². The first-order valence-corrected chi connectivity index (χ1v) is 9.11. The summed E-state index contributed by atoms with van der Waals surface area (Å²) in [6.45, 7) is 0. The number of ether oxygens (including phenoxy) is 1. The second-order valence-electron chi connectivity index (χ2n) is 6.78. The molecule has 0 saturated heterocycles. The van der Waals surface area contributed by atoms with Crippen LogP contribution in [0.5, 0.6) is 5.75 Å². The topological polar surface area (TPSA) is 54.1 Å². The van der Waals surface area contributed by atoms with E-state index >= 15 is 0 Å². The number of amides is 1. The number of carbonyl (C=O) groups is 1. The monoisotopic (exact) mass is 366 g/mol. The molecule has 0 atom stereocenters. The highest BCUT2D eigenvalue weighted by atomic mass is 16.5. The summed E-state index contributed by atoms with van der Waals surface area (Å²) in [6, 6.07) is 25.6. The van der Waals surface area contributed by atoms with E-state index in [2.05, 4.69) is 34.6 Å². The molecule has 0 aliphatic heterocycles. The largest absolute Gasteiger partial charge is 0.497 e. The number of para-hydroxylation sites is 1. The first-order valence-electron chi connectivity index (χ1n) is 9.11. The zero-order valence-electron chi connectivity index (χ0n) is 15.3. The first-order chi connectivity index (χ1) is 13.7. The fraction of sp³-hybridized carbons (Fsp3) is 0.0417. The smallest absolute Gasteiger partial charge is 0.255 e. The number of nitrogens with one attached hydrogen (secondary N) is 2. The van der Waals surface area contributed by atoms with Crippen molar-refractivity contribution in [2.75, 3.05) is 12.4 Å². The van der Waals surface area contributed by atoms with Crippen LogP contribution in [0.4, 0.5) is 5.69 Å². The van der Waals surface area contributed by atoms with Gasteiger partial charge in [-0.1, -0.05) is 36.4 Å². The van der Waals surface area contributed by atoms with Crippen LogP contribution in [0.2, 0.25) is 0 Å². The summed E-state index contributed by atoms with van der Waals surface area (Å²) in [5.41, 5.74) is 3.57. The third-order valence-corrected chi connectivity index (χ3v) is 5.11. The van der Waals surface area contributed by atoms with E-state index in [4.69, 9.17) is 4.74 Å². The number of carbonyl (C=O) groups excluding carboxylic acids is 1. The van der Waals surface area contributed by atoms with Crippen molar-refractivity contribution in [3.8, 4) is 5.75 Å². The number of rotatable bonds is 3. The number of hydrogen-bond donors (Lipinski definition) is 2. The maximum Gasteiger partial charge on any atom is 0.255 e. The second kappa shape index (κ2) is 6.43. The van der Waals surface area contributed by atoms with Gasteiger partial charge < -0.3 is 15.0 Å². The molecule has 0 bridgehead atoms. The Hall–Kier alpha value is -3.79. The Labute approximate surface area is 161 Å². The second-order valence-corrected chi connectivity index (χ2v) is 6.78. The zero-order valence-corrected chi connectivity index (χ0v) is 15.3. The number of aromatic amines is 1. The van der Waals surface area contributed by atoms with Gasteiger partial charge in [-0.25, -0.2) is 0 Å². The Morgan fingerprint density at radius 1 is 0.857 bits per heavy atom. The zero-order chi connectivity index (χ0) is 19.1. The first kappa shape index (κ1) is 16.4. The highest BCUT2D eigenvalue weighted by Crippen LogP contribution is 2.31. The van der Waals surface area contributed by atoms with Crippen molar-refractivity contribution in [2.24, 2.45) is 0 Å². The maximum atomic E-state index is 12.7. The predicted molar refractivity (Wildman–Crippen MR) is 114 cm³/mol. The van der Waals surface area contributed by atoms with Gasteiger partial charge in [0.25, 0.3) is 5.91 Å². The van der Waals surface area contributed by atoms with Gasteiger partial charge in [-0.2, -0.15) is 0 Å². The van der Waals surface area contributed by atoms with E-state index in [1.165, 1.54) is 10.8 Å². The highest BCUT2D eigenvalue weighted by molar-refractivity contribution is 6.18. The molecule has 1 aromatic heterocycles. The molecule has 4 nitrogen and oxygen atoms in total. The molecular formula is C24H18N2O2. The third kappa shape index (κ3) is 2.67. The number of anilines is 1. The van der Waals surface area contributed by atoms with Crippen LogP contribution < -0.4 is 10.1 Å². The van der Waals surface area contributed by atoms with Crippen LogP contribution in [-0.4, -0.2) is 18.0 Å². The lowest BCUT2D eigenvalue weighted by molar-refractivity contribution is 0.102. The molecule has 28 heavy (non-hydrogen) atoms. The van der Waals surface area contributed by atoms with Crippen molar-refractivity contribution in [1.29, 1.82) is 0 Å². The molecule has 4 aromatic carbocycles. The van der Waals surface area contributed by atoms with Crippen LogP contribution in [0.25, 0.3) is 32.6 Å². The molecule has 5 rings (SSSR count). The van der Waals surface area contributed by atoms with E-state index in [-0.39, 0.29) is 5.91 Å². The van der Waals surface area contributed by atoms with E-state index in [0.717, 1.165) is 33.2 Å². The Kier molecular flexibility index (Phi) is 3.76. The molecular weight excluding hydrogens is 348 g/mol. The van der Waals surface area contributed by atoms with Crippen molar-refractivity contribution in [1.82, 2.24) is 4.98 Å². The quantitative estimate of drug-likeness (QED) is 0.428. The summed E-state index contributed by atoms with van der Waals surface area (Å²) in [5.74, 6) is 0.620. The number of aromatic nitrogens is 1. The van der Waals surface area contributed by atoms with E-state index in [1.54, 1.807) is 7.11 Å². The molecule has 0 spiro atoms. The van der Waals surface area contributed by atoms with Crippen molar-refractivity contribution >= 4 is 44.2 Å². The van der Waals surface area contributed by atoms with Crippen molar-refractivity contribution in [3.05, 3.63) is 84.4 Å². The van der Waals surface area contributed by atoms with Gasteiger partial charge in [0, 0.05) is 32.9 Å². The van der Waals surface area contributed by atoms with E-state index in [9.17, 15) is 4.79 Å². The average Bonchev–Trinajstić information content (AvgIpc) is 3.13. The summed E-state index contributed by atoms with van der Waals surface area (Å²) < 4.78 is 5.15. The molecule has 0 aliphatic carbocycles. The van der Waals surface area contributed by atoms with Gasteiger partial charge in [0.05, 0.1) is 12.6 Å². The summed E-state index contributed by atoms with van der Waals surface area (Å²) in [6.07, 6.45) is 0. The molecule has 136 valence electrons. The maximum absolute atomic E-state index is 12.7. The van der Waals surface area contributed by atoms with Gasteiger partial charge in [0.2, 0.25) is 0 Å². The van der Waals surface area contributed by atoms with Gasteiger partial charge >= 0.3 is 0 Å². The predicted octanol–water partition coefficient (Wildman–Crippen LogP) is 5.74. The molecule has 0 unspecified atom stereocenters. The molecule has 0 radical (unpaired) electrons. The molecule has 2 N–H and O–H groups in total. The molecule has 0 fully saturated rings. The van der Waals surface area contributed by atoms with Gasteiger partial charge in [-0.3, -0.25) is 4.79 Å². The van der Waals surface area contributed by atoms with Crippen LogP contribution in [-0.2, 0) is 0 Å². The Bertz CT molecular complexity index is 1330. The van der Waals surface area contributed by atoms with E-state index in [1.807, 2.05) is 54.6 Å². The Morgan fingerprint density at radius 2 is 1.64 bits per heavy atom. The SMILES string of the molecule is COc1ccc(NC(=O)c2ccc3c(ccc4c5ccccc5[nH]c34)c2)cc1. The van der Waals surface area contributed by atoms with Crippen LogP contribution in [0.3, 0.4) is 0 Å². The third-order valence-electron chi connectivity index (χ3n) is 5.11. The fourth-order valence-electron chi connectivity index (χ4n) is 3.67. The van der Waals surface area contributed by atoms with Crippen LogP contribution in [0.1, 0.15) is 10.4 Å². The lowest BCUT2D eigenvalue weighted by atomic mass is 10.0. The van der Waals surface area contributed by atoms with E-state index < -0.39 is 0 Å². The Morgan fingerprint density at radius 3 is 2.46 bits per heavy atom. The number of hydrogen-bond acceptors (Lipinski definition) is 2. The molecule has 1 amide bonds. The standard InChI is InChI=1S/C24H18N2O2/c1-28-18-10-8-17(9-11-18)25-24(27)16-7-12-19-15(14-16)6-13-21-20-4-2-3-5-22(20)26-23(19)21/h2-14,26H,1H3,(H,25,27). The van der Waals surface area contributed by atoms with Gasteiger partial charge in [-0.05, 0) is 47.9 Å². The number of benzene rings is 4. The molecule has 4 heteroatoms. The highest BCUT2D eigenvalue weighted by Gasteiger charge is 2.11. The molecule has 1 heterocycles. The van der Waals surface area contributed by atoms with Crippen LogP contribution in [0, 0.1) is 0 Å². The molecule has 0 aliphatic rings. The van der Waals surface area contributed by atoms with Crippen molar-refractivity contribution in [2.45, 2.75) is 0 Å². The summed E-state index contributed by atoms with van der Waals surface area (Å²) in [4.78, 5) is 16.2. The summed E-state index contributed by atoms with van der Waals surface area (Å²) in [5, 5.41) is 7.47. The minimum absolute atomic E-state index is 0.135.